The maximum absolute atomic E-state index is 12.4. The molecule has 1 saturated heterocycles. The normalized spacial score (nSPS) is 25.9. The van der Waals surface area contributed by atoms with Crippen LogP contribution in [0, 0.1) is 0 Å². The van der Waals surface area contributed by atoms with Gasteiger partial charge in [0.15, 0.2) is 5.60 Å². The lowest BCUT2D eigenvalue weighted by Crippen LogP contribution is -2.48. The van der Waals surface area contributed by atoms with Crippen molar-refractivity contribution in [2.24, 2.45) is 5.73 Å². The van der Waals surface area contributed by atoms with Crippen LogP contribution in [0.25, 0.3) is 0 Å². The molecule has 1 heterocycles. The molecule has 0 aromatic heterocycles. The van der Waals surface area contributed by atoms with Crippen molar-refractivity contribution >= 4 is 11.9 Å². The minimum atomic E-state index is -4.73. The molecular weight excluding hydrogens is 243 g/mol. The average molecular weight is 255 g/mol. The first-order chi connectivity index (χ1) is 7.64. The van der Waals surface area contributed by atoms with Gasteiger partial charge in [0.25, 0.3) is 0 Å². The highest BCUT2D eigenvalue weighted by molar-refractivity contribution is 5.94. The molecule has 3 amide bonds. The second kappa shape index (κ2) is 4.49. The van der Waals surface area contributed by atoms with Crippen LogP contribution in [0.4, 0.5) is 18.0 Å². The van der Waals surface area contributed by atoms with Gasteiger partial charge >= 0.3 is 12.2 Å². The minimum Gasteiger partial charge on any atom is -0.379 e. The summed E-state index contributed by atoms with van der Waals surface area (Å²) in [5, 5.41) is 11.0. The van der Waals surface area contributed by atoms with Crippen LogP contribution in [0.2, 0.25) is 0 Å². The van der Waals surface area contributed by atoms with E-state index in [2.05, 4.69) is 5.73 Å². The number of nitrogens with zero attached hydrogens (tertiary/aromatic N) is 1. The van der Waals surface area contributed by atoms with Crippen molar-refractivity contribution < 1.29 is 27.9 Å². The lowest BCUT2D eigenvalue weighted by atomic mass is 10.0. The Balaban J connectivity index is 2.51. The Labute approximate surface area is 94.6 Å². The number of hydrogen-bond donors (Lipinski definition) is 3. The van der Waals surface area contributed by atoms with E-state index in [0.717, 1.165) is 4.90 Å². The highest BCUT2D eigenvalue weighted by Crippen LogP contribution is 2.37. The van der Waals surface area contributed by atoms with Crippen LogP contribution < -0.4 is 11.1 Å². The summed E-state index contributed by atoms with van der Waals surface area (Å²) in [7, 11) is 0. The monoisotopic (exact) mass is 255 g/mol. The SMILES string of the molecule is NC(=O)NC(=O)CN1CCC(O)(C(F)(F)F)C1. The molecule has 0 saturated carbocycles. The van der Waals surface area contributed by atoms with Gasteiger partial charge in [0.1, 0.15) is 0 Å². The van der Waals surface area contributed by atoms with E-state index >= 15 is 0 Å². The van der Waals surface area contributed by atoms with Gasteiger partial charge in [0.05, 0.1) is 6.54 Å². The lowest BCUT2D eigenvalue weighted by Gasteiger charge is -2.25. The first kappa shape index (κ1) is 13.7. The van der Waals surface area contributed by atoms with Crippen molar-refractivity contribution in [1.82, 2.24) is 10.2 Å². The van der Waals surface area contributed by atoms with Gasteiger partial charge in [-0.05, 0) is 6.42 Å². The Hall–Kier alpha value is -1.35. The fourth-order valence-corrected chi connectivity index (χ4v) is 1.62. The van der Waals surface area contributed by atoms with Crippen molar-refractivity contribution in [3.8, 4) is 0 Å². The summed E-state index contributed by atoms with van der Waals surface area (Å²) < 4.78 is 37.2. The van der Waals surface area contributed by atoms with E-state index in [-0.39, 0.29) is 6.54 Å². The van der Waals surface area contributed by atoms with Gasteiger partial charge in [-0.25, -0.2) is 4.79 Å². The predicted molar refractivity (Wildman–Crippen MR) is 49.8 cm³/mol. The molecule has 17 heavy (non-hydrogen) atoms. The summed E-state index contributed by atoms with van der Waals surface area (Å²) in [4.78, 5) is 22.5. The summed E-state index contributed by atoms with van der Waals surface area (Å²) in [5.74, 6) is -0.802. The molecule has 1 aliphatic rings. The molecule has 0 radical (unpaired) electrons. The van der Waals surface area contributed by atoms with Gasteiger partial charge in [-0.3, -0.25) is 15.0 Å². The highest BCUT2D eigenvalue weighted by atomic mass is 19.4. The molecule has 4 N–H and O–H groups in total. The van der Waals surface area contributed by atoms with E-state index in [0.29, 0.717) is 0 Å². The Morgan fingerprint density at radius 3 is 2.47 bits per heavy atom. The van der Waals surface area contributed by atoms with E-state index in [1.54, 1.807) is 5.32 Å². The number of urea groups is 1. The average Bonchev–Trinajstić information content (AvgIpc) is 2.45. The van der Waals surface area contributed by atoms with Crippen molar-refractivity contribution in [2.45, 2.75) is 18.2 Å². The third-order valence-electron chi connectivity index (χ3n) is 2.48. The second-order valence-corrected chi connectivity index (χ2v) is 3.90. The van der Waals surface area contributed by atoms with E-state index in [1.165, 1.54) is 0 Å². The smallest absolute Gasteiger partial charge is 0.379 e. The number of hydrogen-bond acceptors (Lipinski definition) is 4. The van der Waals surface area contributed by atoms with Crippen molar-refractivity contribution in [2.75, 3.05) is 19.6 Å². The molecule has 0 aliphatic carbocycles. The number of nitrogens with two attached hydrogens (primary N) is 1. The summed E-state index contributed by atoms with van der Waals surface area (Å²) >= 11 is 0. The minimum absolute atomic E-state index is 0.0812. The molecule has 0 bridgehead atoms. The summed E-state index contributed by atoms with van der Waals surface area (Å²) in [5.41, 5.74) is 1.88. The van der Waals surface area contributed by atoms with Crippen LogP contribution in [0.15, 0.2) is 0 Å². The Morgan fingerprint density at radius 1 is 1.47 bits per heavy atom. The van der Waals surface area contributed by atoms with Crippen LogP contribution in [0.1, 0.15) is 6.42 Å². The molecule has 9 heteroatoms. The number of carbonyl (C=O) groups excluding carboxylic acids is 2. The molecule has 0 spiro atoms. The Bertz CT molecular complexity index is 334. The van der Waals surface area contributed by atoms with Crippen molar-refractivity contribution in [1.29, 1.82) is 0 Å². The number of halogens is 3. The number of rotatable bonds is 2. The topological polar surface area (TPSA) is 95.7 Å². The number of likely N-dealkylation sites (tertiary alicyclic amines) is 1. The molecule has 1 fully saturated rings. The number of imide groups is 1. The van der Waals surface area contributed by atoms with Gasteiger partial charge in [-0.1, -0.05) is 0 Å². The number of carbonyl (C=O) groups is 2. The fraction of sp³-hybridized carbons (Fsp3) is 0.750. The number of nitrogens with one attached hydrogen (secondary N) is 1. The molecule has 6 nitrogen and oxygen atoms in total. The number of primary amides is 1. The van der Waals surface area contributed by atoms with Crippen LogP contribution in [0.3, 0.4) is 0 Å². The number of amides is 3. The summed E-state index contributed by atoms with van der Waals surface area (Å²) in [6.45, 7) is -1.19. The van der Waals surface area contributed by atoms with Crippen molar-refractivity contribution in [3.63, 3.8) is 0 Å². The molecule has 1 atom stereocenters. The van der Waals surface area contributed by atoms with Gasteiger partial charge in [0, 0.05) is 13.1 Å². The Kier molecular flexibility index (Phi) is 3.62. The van der Waals surface area contributed by atoms with Crippen LogP contribution >= 0.6 is 0 Å². The second-order valence-electron chi connectivity index (χ2n) is 3.90. The molecule has 1 aliphatic heterocycles. The van der Waals surface area contributed by atoms with Crippen LogP contribution in [-0.2, 0) is 4.79 Å². The molecule has 0 aromatic carbocycles. The summed E-state index contributed by atoms with van der Waals surface area (Å²) in [6, 6.07) is -1.07. The standard InChI is InChI=1S/C8H12F3N3O3/c9-8(10,11)7(17)1-2-14(4-7)3-5(15)13-6(12)16/h17H,1-4H2,(H3,12,13,15,16). The van der Waals surface area contributed by atoms with Crippen molar-refractivity contribution in [3.05, 3.63) is 0 Å². The van der Waals surface area contributed by atoms with Gasteiger partial charge in [0.2, 0.25) is 5.91 Å². The number of alkyl halides is 3. The number of β-amino-alcohol motifs (C(OH)–C–C–N with tert-alkyl or cyclic N) is 1. The predicted octanol–water partition coefficient (Wildman–Crippen LogP) is -0.820. The van der Waals surface area contributed by atoms with E-state index in [4.69, 9.17) is 0 Å². The van der Waals surface area contributed by atoms with Crippen LogP contribution in [-0.4, -0.2) is 53.4 Å². The first-order valence-corrected chi connectivity index (χ1v) is 4.75. The van der Waals surface area contributed by atoms with Gasteiger partial charge in [-0.2, -0.15) is 13.2 Å². The first-order valence-electron chi connectivity index (χ1n) is 4.75. The lowest BCUT2D eigenvalue weighted by molar-refractivity contribution is -0.253. The Morgan fingerprint density at radius 2 is 2.06 bits per heavy atom. The largest absolute Gasteiger partial charge is 0.418 e. The molecule has 0 aromatic rings. The fourth-order valence-electron chi connectivity index (χ4n) is 1.62. The van der Waals surface area contributed by atoms with E-state index in [9.17, 15) is 27.9 Å². The zero-order chi connectivity index (χ0) is 13.3. The maximum Gasteiger partial charge on any atom is 0.418 e. The molecule has 1 unspecified atom stereocenters. The quantitative estimate of drug-likeness (QED) is 0.600. The van der Waals surface area contributed by atoms with Gasteiger partial charge in [-0.15, -0.1) is 0 Å². The van der Waals surface area contributed by atoms with E-state index < -0.39 is 43.2 Å². The summed E-state index contributed by atoms with van der Waals surface area (Å²) in [6.07, 6.45) is -5.23. The molecular formula is C8H12F3N3O3. The molecule has 1 rings (SSSR count). The maximum atomic E-state index is 12.4. The van der Waals surface area contributed by atoms with E-state index in [1.807, 2.05) is 0 Å². The third-order valence-corrected chi connectivity index (χ3v) is 2.48. The molecule has 98 valence electrons. The third kappa shape index (κ3) is 3.30. The van der Waals surface area contributed by atoms with Gasteiger partial charge < -0.3 is 10.8 Å². The zero-order valence-corrected chi connectivity index (χ0v) is 8.75. The highest BCUT2D eigenvalue weighted by Gasteiger charge is 2.57. The van der Waals surface area contributed by atoms with Crippen LogP contribution in [0.5, 0.6) is 0 Å². The zero-order valence-electron chi connectivity index (χ0n) is 8.75. The number of aliphatic hydroxyl groups is 1.